The number of hydrogen-bond acceptors (Lipinski definition) is 4. The molecule has 0 aromatic carbocycles. The van der Waals surface area contributed by atoms with Crippen molar-refractivity contribution in [1.82, 2.24) is 14.5 Å². The summed E-state index contributed by atoms with van der Waals surface area (Å²) >= 11 is 3.32. The van der Waals surface area contributed by atoms with Crippen LogP contribution in [0.5, 0.6) is 0 Å². The minimum absolute atomic E-state index is 0.104. The van der Waals surface area contributed by atoms with Crippen molar-refractivity contribution in [2.45, 2.75) is 24.0 Å². The zero-order chi connectivity index (χ0) is 12.5. The number of nitrogens with one attached hydrogen (secondary N) is 1. The summed E-state index contributed by atoms with van der Waals surface area (Å²) < 4.78 is 31.5. The van der Waals surface area contributed by atoms with Gasteiger partial charge in [0.25, 0.3) is 0 Å². The lowest BCUT2D eigenvalue weighted by Crippen LogP contribution is -2.49. The molecule has 1 aliphatic heterocycles. The summed E-state index contributed by atoms with van der Waals surface area (Å²) in [6, 6.07) is 0. The van der Waals surface area contributed by atoms with Crippen LogP contribution in [0.25, 0.3) is 0 Å². The highest BCUT2D eigenvalue weighted by molar-refractivity contribution is 9.09. The maximum atomic E-state index is 12.3. The number of alkyl halides is 1. The normalized spacial score (nSPS) is 27.2. The molecule has 0 radical (unpaired) electrons. The Morgan fingerprint density at radius 1 is 1.65 bits per heavy atom. The number of aromatic amines is 1. The van der Waals surface area contributed by atoms with E-state index in [-0.39, 0.29) is 17.1 Å². The van der Waals surface area contributed by atoms with Gasteiger partial charge in [-0.15, -0.1) is 0 Å². The number of ether oxygens (including phenoxy) is 1. The van der Waals surface area contributed by atoms with E-state index in [4.69, 9.17) is 4.74 Å². The van der Waals surface area contributed by atoms with Gasteiger partial charge in [0.2, 0.25) is 10.0 Å². The van der Waals surface area contributed by atoms with Crippen LogP contribution in [-0.2, 0) is 14.8 Å². The highest BCUT2D eigenvalue weighted by atomic mass is 79.9. The molecule has 0 bridgehead atoms. The van der Waals surface area contributed by atoms with Crippen molar-refractivity contribution in [1.29, 1.82) is 0 Å². The summed E-state index contributed by atoms with van der Waals surface area (Å²) in [5.74, 6) is 0. The van der Waals surface area contributed by atoms with E-state index >= 15 is 0 Å². The largest absolute Gasteiger partial charge is 0.372 e. The van der Waals surface area contributed by atoms with Crippen LogP contribution in [-0.4, -0.2) is 53.5 Å². The highest BCUT2D eigenvalue weighted by Gasteiger charge is 2.33. The van der Waals surface area contributed by atoms with Gasteiger partial charge in [-0.3, -0.25) is 5.10 Å². The topological polar surface area (TPSA) is 75.3 Å². The molecule has 1 aromatic rings. The summed E-state index contributed by atoms with van der Waals surface area (Å²) in [4.78, 5) is 0.194. The van der Waals surface area contributed by atoms with Gasteiger partial charge < -0.3 is 4.74 Å². The maximum Gasteiger partial charge on any atom is 0.246 e. The first-order valence-electron chi connectivity index (χ1n) is 5.24. The number of H-pyrrole nitrogens is 1. The van der Waals surface area contributed by atoms with Gasteiger partial charge in [-0.2, -0.15) is 9.40 Å². The fraction of sp³-hybridized carbons (Fsp3) is 0.667. The van der Waals surface area contributed by atoms with Crippen molar-refractivity contribution in [3.05, 3.63) is 12.4 Å². The quantitative estimate of drug-likeness (QED) is 0.826. The fourth-order valence-electron chi connectivity index (χ4n) is 1.81. The number of aromatic nitrogens is 2. The third-order valence-corrected chi connectivity index (χ3v) is 5.09. The molecule has 2 rings (SSSR count). The molecule has 0 aliphatic carbocycles. The number of nitrogens with zero attached hydrogens (tertiary/aromatic N) is 2. The number of hydrogen-bond donors (Lipinski definition) is 1. The predicted octanol–water partition coefficient (Wildman–Crippen LogP) is 0.583. The van der Waals surface area contributed by atoms with Gasteiger partial charge in [0.15, 0.2) is 0 Å². The first-order chi connectivity index (χ1) is 8.04. The van der Waals surface area contributed by atoms with E-state index < -0.39 is 10.0 Å². The van der Waals surface area contributed by atoms with Gasteiger partial charge >= 0.3 is 0 Å². The minimum atomic E-state index is -3.46. The Balaban J connectivity index is 2.22. The Kier molecular flexibility index (Phi) is 3.86. The Morgan fingerprint density at radius 2 is 2.41 bits per heavy atom. The Labute approximate surface area is 109 Å². The number of halogens is 1. The summed E-state index contributed by atoms with van der Waals surface area (Å²) in [5, 5.41) is 6.80. The lowest BCUT2D eigenvalue weighted by Gasteiger charge is -2.34. The van der Waals surface area contributed by atoms with E-state index in [2.05, 4.69) is 26.1 Å². The van der Waals surface area contributed by atoms with Crippen molar-refractivity contribution in [2.75, 3.05) is 18.4 Å². The molecule has 1 saturated heterocycles. The van der Waals surface area contributed by atoms with Gasteiger partial charge in [0.05, 0.1) is 18.4 Å². The average Bonchev–Trinajstić information content (AvgIpc) is 2.82. The molecule has 2 atom stereocenters. The van der Waals surface area contributed by atoms with Crippen LogP contribution < -0.4 is 0 Å². The van der Waals surface area contributed by atoms with Crippen LogP contribution in [0.1, 0.15) is 6.92 Å². The molecule has 0 amide bonds. The monoisotopic (exact) mass is 323 g/mol. The van der Waals surface area contributed by atoms with Crippen molar-refractivity contribution in [2.24, 2.45) is 0 Å². The molecule has 96 valence electrons. The van der Waals surface area contributed by atoms with E-state index in [1.165, 1.54) is 16.7 Å². The number of rotatable bonds is 3. The van der Waals surface area contributed by atoms with E-state index in [1.807, 2.05) is 6.92 Å². The second-order valence-corrected chi connectivity index (χ2v) is 6.56. The van der Waals surface area contributed by atoms with E-state index in [1.54, 1.807) is 0 Å². The second kappa shape index (κ2) is 5.05. The molecular weight excluding hydrogens is 310 g/mol. The van der Waals surface area contributed by atoms with Crippen LogP contribution in [0.4, 0.5) is 0 Å². The van der Waals surface area contributed by atoms with Gasteiger partial charge in [0.1, 0.15) is 4.90 Å². The Hall–Kier alpha value is -0.440. The Morgan fingerprint density at radius 3 is 3.00 bits per heavy atom. The fourth-order valence-corrected chi connectivity index (χ4v) is 3.63. The summed E-state index contributed by atoms with van der Waals surface area (Å²) in [5.41, 5.74) is 0. The zero-order valence-corrected chi connectivity index (χ0v) is 11.7. The van der Waals surface area contributed by atoms with Gasteiger partial charge in [-0.05, 0) is 6.92 Å². The minimum Gasteiger partial charge on any atom is -0.372 e. The van der Waals surface area contributed by atoms with Crippen molar-refractivity contribution in [3.8, 4) is 0 Å². The summed E-state index contributed by atoms with van der Waals surface area (Å²) in [7, 11) is -3.46. The molecule has 2 unspecified atom stereocenters. The smallest absolute Gasteiger partial charge is 0.246 e. The van der Waals surface area contributed by atoms with Gasteiger partial charge in [0, 0.05) is 24.6 Å². The van der Waals surface area contributed by atoms with Gasteiger partial charge in [-0.25, -0.2) is 8.42 Å². The van der Waals surface area contributed by atoms with Crippen molar-refractivity contribution >= 4 is 26.0 Å². The first-order valence-corrected chi connectivity index (χ1v) is 7.80. The molecule has 2 heterocycles. The molecule has 1 fully saturated rings. The molecule has 0 spiro atoms. The molecule has 1 aromatic heterocycles. The van der Waals surface area contributed by atoms with Crippen molar-refractivity contribution < 1.29 is 13.2 Å². The van der Waals surface area contributed by atoms with E-state index in [0.717, 1.165) is 0 Å². The SMILES string of the molecule is CC1CN(S(=O)(=O)c2cn[nH]c2)CC(CBr)O1. The third kappa shape index (κ3) is 2.70. The average molecular weight is 324 g/mol. The molecule has 0 saturated carbocycles. The molecular formula is C9H14BrN3O3S. The van der Waals surface area contributed by atoms with Gasteiger partial charge in [-0.1, -0.05) is 15.9 Å². The molecule has 8 heteroatoms. The lowest BCUT2D eigenvalue weighted by molar-refractivity contribution is -0.0411. The van der Waals surface area contributed by atoms with E-state index in [0.29, 0.717) is 18.4 Å². The van der Waals surface area contributed by atoms with Crippen LogP contribution >= 0.6 is 15.9 Å². The highest BCUT2D eigenvalue weighted by Crippen LogP contribution is 2.20. The summed E-state index contributed by atoms with van der Waals surface area (Å²) in [6.45, 7) is 2.60. The molecule has 1 N–H and O–H groups in total. The molecule has 1 aliphatic rings. The number of morpholine rings is 1. The van der Waals surface area contributed by atoms with Crippen LogP contribution in [0.2, 0.25) is 0 Å². The Bertz CT molecular complexity index is 462. The van der Waals surface area contributed by atoms with E-state index in [9.17, 15) is 8.42 Å². The summed E-state index contributed by atoms with van der Waals surface area (Å²) in [6.07, 6.45) is 2.49. The molecule has 17 heavy (non-hydrogen) atoms. The first kappa shape index (κ1) is 13.0. The van der Waals surface area contributed by atoms with Crippen LogP contribution in [0.15, 0.2) is 17.3 Å². The lowest BCUT2D eigenvalue weighted by atomic mass is 10.3. The van der Waals surface area contributed by atoms with Crippen molar-refractivity contribution in [3.63, 3.8) is 0 Å². The second-order valence-electron chi connectivity index (χ2n) is 3.98. The predicted molar refractivity (Wildman–Crippen MR) is 65.5 cm³/mol. The zero-order valence-electron chi connectivity index (χ0n) is 9.34. The molecule has 6 nitrogen and oxygen atoms in total. The standard InChI is InChI=1S/C9H14BrN3O3S/c1-7-5-13(6-8(2-10)16-7)17(14,15)9-3-11-12-4-9/h3-4,7-8H,2,5-6H2,1H3,(H,11,12). The van der Waals surface area contributed by atoms with Crippen LogP contribution in [0, 0.1) is 0 Å². The maximum absolute atomic E-state index is 12.3. The van der Waals surface area contributed by atoms with Crippen LogP contribution in [0.3, 0.4) is 0 Å². The number of sulfonamides is 1. The third-order valence-electron chi connectivity index (χ3n) is 2.58.